The first-order valence-corrected chi connectivity index (χ1v) is 6.82. The van der Waals surface area contributed by atoms with E-state index in [1.54, 1.807) is 23.1 Å². The number of amides is 1. The smallest absolute Gasteiger partial charge is 0.270 e. The van der Waals surface area contributed by atoms with Gasteiger partial charge in [-0.3, -0.25) is 9.59 Å². The number of carbonyl (C=O) groups excluding carboxylic acids is 1. The number of nitrogens with two attached hydrogens (primary N) is 1. The van der Waals surface area contributed by atoms with Gasteiger partial charge in [-0.25, -0.2) is 0 Å². The van der Waals surface area contributed by atoms with Gasteiger partial charge in [-0.1, -0.05) is 18.2 Å². The van der Waals surface area contributed by atoms with Crippen LogP contribution in [0.15, 0.2) is 47.3 Å². The first-order chi connectivity index (χ1) is 9.97. The normalized spacial score (nSPS) is 10.6. The maximum absolute atomic E-state index is 12.6. The van der Waals surface area contributed by atoms with Crippen LogP contribution in [0.3, 0.4) is 0 Å². The van der Waals surface area contributed by atoms with Crippen molar-refractivity contribution in [2.75, 3.05) is 5.73 Å². The number of H-pyrrole nitrogens is 1. The number of aromatic nitrogens is 1. The van der Waals surface area contributed by atoms with Crippen LogP contribution in [0.4, 0.5) is 5.69 Å². The molecule has 1 heterocycles. The Morgan fingerprint density at radius 1 is 1.24 bits per heavy atom. The Labute approximate surface area is 123 Å². The van der Waals surface area contributed by atoms with E-state index in [9.17, 15) is 9.59 Å². The molecule has 110 valence electrons. The summed E-state index contributed by atoms with van der Waals surface area (Å²) in [6.07, 6.45) is 0. The summed E-state index contributed by atoms with van der Waals surface area (Å²) >= 11 is 0. The lowest BCUT2D eigenvalue weighted by Gasteiger charge is -2.27. The maximum Gasteiger partial charge on any atom is 0.270 e. The Hall–Kier alpha value is -2.56. The van der Waals surface area contributed by atoms with E-state index in [-0.39, 0.29) is 17.5 Å². The minimum atomic E-state index is -0.284. The number of nitrogens with one attached hydrogen (secondary N) is 1. The second-order valence-electron chi connectivity index (χ2n) is 5.20. The van der Waals surface area contributed by atoms with Gasteiger partial charge in [-0.15, -0.1) is 0 Å². The number of hydrogen-bond donors (Lipinski definition) is 2. The van der Waals surface area contributed by atoms with Crippen molar-refractivity contribution in [1.82, 2.24) is 9.88 Å². The van der Waals surface area contributed by atoms with E-state index in [0.29, 0.717) is 17.9 Å². The van der Waals surface area contributed by atoms with E-state index in [0.717, 1.165) is 5.56 Å². The number of nitrogens with zero attached hydrogens (tertiary/aromatic N) is 1. The van der Waals surface area contributed by atoms with Gasteiger partial charge in [0.1, 0.15) is 5.69 Å². The molecule has 0 fully saturated rings. The van der Waals surface area contributed by atoms with Gasteiger partial charge in [0.15, 0.2) is 0 Å². The molecule has 0 saturated carbocycles. The van der Waals surface area contributed by atoms with Crippen LogP contribution >= 0.6 is 0 Å². The molecule has 0 aliphatic carbocycles. The van der Waals surface area contributed by atoms with Crippen LogP contribution in [0.25, 0.3) is 0 Å². The summed E-state index contributed by atoms with van der Waals surface area (Å²) in [4.78, 5) is 28.2. The van der Waals surface area contributed by atoms with Crippen molar-refractivity contribution >= 4 is 11.6 Å². The van der Waals surface area contributed by atoms with Crippen molar-refractivity contribution in [3.8, 4) is 0 Å². The minimum Gasteiger partial charge on any atom is -0.399 e. The van der Waals surface area contributed by atoms with E-state index in [4.69, 9.17) is 5.73 Å². The molecule has 0 atom stereocenters. The van der Waals surface area contributed by atoms with Gasteiger partial charge in [0, 0.05) is 24.3 Å². The van der Waals surface area contributed by atoms with Gasteiger partial charge in [0.25, 0.3) is 5.91 Å². The van der Waals surface area contributed by atoms with Crippen molar-refractivity contribution in [2.45, 2.75) is 26.4 Å². The van der Waals surface area contributed by atoms with Crippen molar-refractivity contribution in [2.24, 2.45) is 0 Å². The Balaban J connectivity index is 2.27. The highest BCUT2D eigenvalue weighted by molar-refractivity contribution is 5.92. The molecule has 5 heteroatoms. The number of rotatable bonds is 4. The van der Waals surface area contributed by atoms with Crippen LogP contribution in [-0.4, -0.2) is 21.8 Å². The Morgan fingerprint density at radius 3 is 2.57 bits per heavy atom. The number of benzene rings is 1. The molecule has 0 unspecified atom stereocenters. The molecule has 21 heavy (non-hydrogen) atoms. The lowest BCUT2D eigenvalue weighted by atomic mass is 10.1. The van der Waals surface area contributed by atoms with Crippen LogP contribution in [0, 0.1) is 0 Å². The molecule has 0 saturated heterocycles. The number of carbonyl (C=O) groups is 1. The molecule has 1 aromatic carbocycles. The van der Waals surface area contributed by atoms with E-state index < -0.39 is 0 Å². The van der Waals surface area contributed by atoms with E-state index >= 15 is 0 Å². The Bertz CT molecular complexity index is 692. The fraction of sp³-hybridized carbons (Fsp3) is 0.250. The fourth-order valence-electron chi connectivity index (χ4n) is 2.10. The van der Waals surface area contributed by atoms with Gasteiger partial charge in [0.05, 0.1) is 0 Å². The minimum absolute atomic E-state index is 0.00244. The molecule has 1 aromatic heterocycles. The van der Waals surface area contributed by atoms with Gasteiger partial charge in [0.2, 0.25) is 5.56 Å². The van der Waals surface area contributed by atoms with Crippen LogP contribution < -0.4 is 11.3 Å². The molecular formula is C16H19N3O2. The molecule has 3 N–H and O–H groups in total. The van der Waals surface area contributed by atoms with Gasteiger partial charge < -0.3 is 15.6 Å². The molecule has 2 rings (SSSR count). The molecular weight excluding hydrogens is 266 g/mol. The zero-order chi connectivity index (χ0) is 15.4. The number of aromatic amines is 1. The van der Waals surface area contributed by atoms with Crippen molar-refractivity contribution in [3.63, 3.8) is 0 Å². The lowest BCUT2D eigenvalue weighted by Crippen LogP contribution is -2.37. The molecule has 0 bridgehead atoms. The molecule has 0 aliphatic rings. The van der Waals surface area contributed by atoms with Crippen molar-refractivity contribution < 1.29 is 4.79 Å². The van der Waals surface area contributed by atoms with Crippen molar-refractivity contribution in [1.29, 1.82) is 0 Å². The van der Waals surface area contributed by atoms with E-state index in [2.05, 4.69) is 4.98 Å². The van der Waals surface area contributed by atoms with E-state index in [1.807, 2.05) is 32.0 Å². The van der Waals surface area contributed by atoms with Crippen LogP contribution in [-0.2, 0) is 6.54 Å². The lowest BCUT2D eigenvalue weighted by molar-refractivity contribution is 0.0684. The SMILES string of the molecule is CC(C)N(Cc1cccc(N)c1)C(=O)c1cccc(=O)[nH]1. The first-order valence-electron chi connectivity index (χ1n) is 6.82. The third-order valence-electron chi connectivity index (χ3n) is 3.19. The van der Waals surface area contributed by atoms with Crippen LogP contribution in [0.1, 0.15) is 29.9 Å². The first kappa shape index (κ1) is 14.8. The number of pyridine rings is 1. The molecule has 0 aliphatic heterocycles. The predicted octanol–water partition coefficient (Wildman–Crippen LogP) is 2.01. The monoisotopic (exact) mass is 285 g/mol. The Morgan fingerprint density at radius 2 is 1.95 bits per heavy atom. The standard InChI is InChI=1S/C16H19N3O2/c1-11(2)19(10-12-5-3-6-13(17)9-12)16(21)14-7-4-8-15(20)18-14/h3-9,11H,10,17H2,1-2H3,(H,18,20). The van der Waals surface area contributed by atoms with Gasteiger partial charge in [-0.05, 0) is 37.6 Å². The molecule has 5 nitrogen and oxygen atoms in total. The number of hydrogen-bond acceptors (Lipinski definition) is 3. The second kappa shape index (κ2) is 6.26. The summed E-state index contributed by atoms with van der Waals surface area (Å²) in [5.74, 6) is -0.204. The van der Waals surface area contributed by atoms with Gasteiger partial charge in [-0.2, -0.15) is 0 Å². The quantitative estimate of drug-likeness (QED) is 0.843. The topological polar surface area (TPSA) is 79.2 Å². The highest BCUT2D eigenvalue weighted by atomic mass is 16.2. The Kier molecular flexibility index (Phi) is 4.42. The highest BCUT2D eigenvalue weighted by Gasteiger charge is 2.19. The fourth-order valence-corrected chi connectivity index (χ4v) is 2.10. The average molecular weight is 285 g/mol. The third kappa shape index (κ3) is 3.72. The number of anilines is 1. The summed E-state index contributed by atoms with van der Waals surface area (Å²) in [5, 5.41) is 0. The average Bonchev–Trinajstić information content (AvgIpc) is 2.44. The van der Waals surface area contributed by atoms with Crippen LogP contribution in [0.5, 0.6) is 0 Å². The number of nitrogen functional groups attached to an aromatic ring is 1. The predicted molar refractivity (Wildman–Crippen MR) is 82.9 cm³/mol. The molecule has 1 amide bonds. The summed E-state index contributed by atoms with van der Waals surface area (Å²) in [6, 6.07) is 12.0. The van der Waals surface area contributed by atoms with Gasteiger partial charge >= 0.3 is 0 Å². The van der Waals surface area contributed by atoms with E-state index in [1.165, 1.54) is 6.07 Å². The summed E-state index contributed by atoms with van der Waals surface area (Å²) < 4.78 is 0. The zero-order valence-electron chi connectivity index (χ0n) is 12.2. The summed E-state index contributed by atoms with van der Waals surface area (Å²) in [7, 11) is 0. The van der Waals surface area contributed by atoms with Crippen LogP contribution in [0.2, 0.25) is 0 Å². The highest BCUT2D eigenvalue weighted by Crippen LogP contribution is 2.14. The largest absolute Gasteiger partial charge is 0.399 e. The molecule has 0 radical (unpaired) electrons. The maximum atomic E-state index is 12.6. The van der Waals surface area contributed by atoms with Crippen molar-refractivity contribution in [3.05, 3.63) is 64.1 Å². The summed E-state index contributed by atoms with van der Waals surface area (Å²) in [6.45, 7) is 4.31. The third-order valence-corrected chi connectivity index (χ3v) is 3.19. The molecule has 0 spiro atoms. The zero-order valence-corrected chi connectivity index (χ0v) is 12.2. The second-order valence-corrected chi connectivity index (χ2v) is 5.20. The summed E-state index contributed by atoms with van der Waals surface area (Å²) in [5.41, 5.74) is 7.39. The molecule has 2 aromatic rings.